The molecule has 1 aromatic heterocycles. The van der Waals surface area contributed by atoms with E-state index in [0.717, 1.165) is 35.8 Å². The standard InChI is InChI=1S/C22H22N4O3S/c23-21(27)19-11-12-26(25-19)16-9-7-15(8-10-16)24-22(28)18-5-1-2-6-20(18)30-14-17-4-3-13-29-17/h1-2,5-12,17H,3-4,13-14H2,(H2,23,27)(H,24,28). The Morgan fingerprint density at radius 2 is 1.97 bits per heavy atom. The molecule has 0 saturated carbocycles. The number of hydrogen-bond donors (Lipinski definition) is 2. The van der Waals surface area contributed by atoms with Crippen molar-refractivity contribution in [2.75, 3.05) is 17.7 Å². The quantitative estimate of drug-likeness (QED) is 0.568. The van der Waals surface area contributed by atoms with Crippen molar-refractivity contribution in [1.82, 2.24) is 9.78 Å². The van der Waals surface area contributed by atoms with Gasteiger partial charge >= 0.3 is 0 Å². The molecule has 1 aliphatic heterocycles. The summed E-state index contributed by atoms with van der Waals surface area (Å²) in [5.74, 6) is 0.109. The number of rotatable bonds is 7. The van der Waals surface area contributed by atoms with Gasteiger partial charge in [-0.05, 0) is 55.3 Å². The van der Waals surface area contributed by atoms with E-state index in [2.05, 4.69) is 10.4 Å². The maximum absolute atomic E-state index is 12.8. The minimum atomic E-state index is -0.575. The van der Waals surface area contributed by atoms with Crippen LogP contribution < -0.4 is 11.1 Å². The SMILES string of the molecule is NC(=O)c1ccn(-c2ccc(NC(=O)c3ccccc3SCC3CCCO3)cc2)n1. The maximum atomic E-state index is 12.8. The molecule has 1 aliphatic rings. The average Bonchev–Trinajstić information content (AvgIpc) is 3.45. The fourth-order valence-corrected chi connectivity index (χ4v) is 4.35. The van der Waals surface area contributed by atoms with Crippen molar-refractivity contribution in [1.29, 1.82) is 0 Å². The van der Waals surface area contributed by atoms with Crippen molar-refractivity contribution in [2.24, 2.45) is 5.73 Å². The summed E-state index contributed by atoms with van der Waals surface area (Å²) in [4.78, 5) is 25.0. The number of benzene rings is 2. The van der Waals surface area contributed by atoms with Crippen LogP contribution in [0.15, 0.2) is 65.7 Å². The van der Waals surface area contributed by atoms with E-state index >= 15 is 0 Å². The van der Waals surface area contributed by atoms with Gasteiger partial charge in [0.15, 0.2) is 0 Å². The molecule has 0 bridgehead atoms. The summed E-state index contributed by atoms with van der Waals surface area (Å²) in [6, 6.07) is 16.4. The third-order valence-electron chi connectivity index (χ3n) is 4.81. The molecule has 7 nitrogen and oxygen atoms in total. The first-order valence-corrected chi connectivity index (χ1v) is 10.7. The number of primary amides is 1. The van der Waals surface area contributed by atoms with E-state index in [4.69, 9.17) is 10.5 Å². The highest BCUT2D eigenvalue weighted by Gasteiger charge is 2.18. The van der Waals surface area contributed by atoms with Gasteiger partial charge in [-0.2, -0.15) is 5.10 Å². The minimum Gasteiger partial charge on any atom is -0.377 e. The number of amides is 2. The van der Waals surface area contributed by atoms with Gasteiger partial charge in [0.05, 0.1) is 17.4 Å². The third kappa shape index (κ3) is 4.72. The van der Waals surface area contributed by atoms with Crippen molar-refractivity contribution in [3.63, 3.8) is 0 Å². The number of anilines is 1. The third-order valence-corrected chi connectivity index (χ3v) is 6.02. The molecule has 30 heavy (non-hydrogen) atoms. The van der Waals surface area contributed by atoms with E-state index in [1.807, 2.05) is 36.4 Å². The number of nitrogens with two attached hydrogens (primary N) is 1. The highest BCUT2D eigenvalue weighted by molar-refractivity contribution is 7.99. The summed E-state index contributed by atoms with van der Waals surface area (Å²) in [5.41, 5.74) is 7.51. The Morgan fingerprint density at radius 1 is 1.17 bits per heavy atom. The lowest BCUT2D eigenvalue weighted by atomic mass is 10.2. The number of aromatic nitrogens is 2. The molecule has 1 saturated heterocycles. The van der Waals surface area contributed by atoms with Crippen molar-refractivity contribution >= 4 is 29.3 Å². The number of hydrogen-bond acceptors (Lipinski definition) is 5. The second-order valence-corrected chi connectivity index (χ2v) is 8.01. The number of nitrogens with zero attached hydrogens (tertiary/aromatic N) is 2. The van der Waals surface area contributed by atoms with E-state index in [9.17, 15) is 9.59 Å². The van der Waals surface area contributed by atoms with Crippen LogP contribution in [0, 0.1) is 0 Å². The predicted octanol–water partition coefficient (Wildman–Crippen LogP) is 3.49. The summed E-state index contributed by atoms with van der Waals surface area (Å²) < 4.78 is 7.24. The van der Waals surface area contributed by atoms with Crippen molar-refractivity contribution < 1.29 is 14.3 Å². The van der Waals surface area contributed by atoms with Crippen LogP contribution in [-0.4, -0.2) is 40.1 Å². The number of ether oxygens (including phenoxy) is 1. The largest absolute Gasteiger partial charge is 0.377 e. The molecule has 1 atom stereocenters. The highest BCUT2D eigenvalue weighted by atomic mass is 32.2. The lowest BCUT2D eigenvalue weighted by Gasteiger charge is -2.12. The summed E-state index contributed by atoms with van der Waals surface area (Å²) in [6.45, 7) is 0.825. The summed E-state index contributed by atoms with van der Waals surface area (Å²) in [5, 5.41) is 7.07. The minimum absolute atomic E-state index is 0.159. The van der Waals surface area contributed by atoms with Crippen LogP contribution in [0.2, 0.25) is 0 Å². The topological polar surface area (TPSA) is 99.2 Å². The van der Waals surface area contributed by atoms with E-state index < -0.39 is 5.91 Å². The first kappa shape index (κ1) is 20.2. The van der Waals surface area contributed by atoms with Gasteiger partial charge in [0.2, 0.25) is 0 Å². The first-order valence-electron chi connectivity index (χ1n) is 9.71. The zero-order valence-corrected chi connectivity index (χ0v) is 17.1. The first-order chi connectivity index (χ1) is 14.6. The molecular weight excluding hydrogens is 400 g/mol. The molecule has 2 heterocycles. The van der Waals surface area contributed by atoms with Crippen LogP contribution in [-0.2, 0) is 4.74 Å². The molecule has 154 valence electrons. The molecule has 3 aromatic rings. The molecule has 1 unspecified atom stereocenters. The second kappa shape index (κ2) is 9.15. The monoisotopic (exact) mass is 422 g/mol. The van der Waals surface area contributed by atoms with Gasteiger partial charge in [0, 0.05) is 29.1 Å². The summed E-state index contributed by atoms with van der Waals surface area (Å²) in [6.07, 6.45) is 4.10. The average molecular weight is 423 g/mol. The normalized spacial score (nSPS) is 15.8. The zero-order chi connectivity index (χ0) is 20.9. The number of nitrogens with one attached hydrogen (secondary N) is 1. The molecule has 3 N–H and O–H groups in total. The predicted molar refractivity (Wildman–Crippen MR) is 116 cm³/mol. The van der Waals surface area contributed by atoms with Crippen LogP contribution in [0.25, 0.3) is 5.69 Å². The Balaban J connectivity index is 1.42. The fourth-order valence-electron chi connectivity index (χ4n) is 3.23. The smallest absolute Gasteiger partial charge is 0.269 e. The molecule has 1 fully saturated rings. The van der Waals surface area contributed by atoms with Crippen LogP contribution in [0.5, 0.6) is 0 Å². The van der Waals surface area contributed by atoms with Gasteiger partial charge < -0.3 is 15.8 Å². The maximum Gasteiger partial charge on any atom is 0.269 e. The molecule has 0 radical (unpaired) electrons. The summed E-state index contributed by atoms with van der Waals surface area (Å²) >= 11 is 1.65. The van der Waals surface area contributed by atoms with E-state index in [1.165, 1.54) is 0 Å². The van der Waals surface area contributed by atoms with Crippen LogP contribution in [0.1, 0.15) is 33.7 Å². The lowest BCUT2D eigenvalue weighted by molar-refractivity contribution is 0.0992. The van der Waals surface area contributed by atoms with Gasteiger partial charge in [-0.15, -0.1) is 11.8 Å². The molecule has 0 aliphatic carbocycles. The zero-order valence-electron chi connectivity index (χ0n) is 16.3. The fraction of sp³-hybridized carbons (Fsp3) is 0.227. The highest BCUT2D eigenvalue weighted by Crippen LogP contribution is 2.27. The second-order valence-electron chi connectivity index (χ2n) is 6.95. The van der Waals surface area contributed by atoms with Crippen LogP contribution in [0.4, 0.5) is 5.69 Å². The lowest BCUT2D eigenvalue weighted by Crippen LogP contribution is -2.14. The molecule has 4 rings (SSSR count). The van der Waals surface area contributed by atoms with Crippen molar-refractivity contribution in [3.05, 3.63) is 72.1 Å². The van der Waals surface area contributed by atoms with Gasteiger partial charge in [0.25, 0.3) is 11.8 Å². The molecular formula is C22H22N4O3S. The Kier molecular flexibility index (Phi) is 6.15. The van der Waals surface area contributed by atoms with E-state index in [-0.39, 0.29) is 17.7 Å². The number of thioether (sulfide) groups is 1. The molecule has 8 heteroatoms. The Labute approximate surface area is 178 Å². The number of carbonyl (C=O) groups excluding carboxylic acids is 2. The van der Waals surface area contributed by atoms with E-state index in [1.54, 1.807) is 40.8 Å². The van der Waals surface area contributed by atoms with Crippen molar-refractivity contribution in [2.45, 2.75) is 23.8 Å². The Bertz CT molecular complexity index is 1040. The van der Waals surface area contributed by atoms with Crippen molar-refractivity contribution in [3.8, 4) is 5.69 Å². The van der Waals surface area contributed by atoms with Crippen LogP contribution in [0.3, 0.4) is 0 Å². The Morgan fingerprint density at radius 3 is 2.67 bits per heavy atom. The van der Waals surface area contributed by atoms with Gasteiger partial charge in [-0.1, -0.05) is 12.1 Å². The molecule has 2 aromatic carbocycles. The van der Waals surface area contributed by atoms with E-state index in [0.29, 0.717) is 11.3 Å². The van der Waals surface area contributed by atoms with Gasteiger partial charge in [0.1, 0.15) is 5.69 Å². The van der Waals surface area contributed by atoms with Gasteiger partial charge in [-0.3, -0.25) is 9.59 Å². The number of carbonyl (C=O) groups is 2. The molecule has 2 amide bonds. The van der Waals surface area contributed by atoms with Gasteiger partial charge in [-0.25, -0.2) is 4.68 Å². The van der Waals surface area contributed by atoms with Crippen LogP contribution >= 0.6 is 11.8 Å². The summed E-state index contributed by atoms with van der Waals surface area (Å²) in [7, 11) is 0. The molecule has 0 spiro atoms. The Hall–Kier alpha value is -3.10.